The SMILES string of the molecule is COc1c(C)cc(Cl)cc1C(C)(C)C. The Balaban J connectivity index is 3.40. The highest BCUT2D eigenvalue weighted by molar-refractivity contribution is 6.30. The third-order valence-electron chi connectivity index (χ3n) is 2.25. The first-order valence-corrected chi connectivity index (χ1v) is 5.08. The van der Waals surface area contributed by atoms with Crippen LogP contribution in [0, 0.1) is 6.92 Å². The normalized spacial score (nSPS) is 11.6. The fourth-order valence-corrected chi connectivity index (χ4v) is 1.83. The maximum atomic E-state index is 6.03. The van der Waals surface area contributed by atoms with Crippen molar-refractivity contribution in [3.05, 3.63) is 28.3 Å². The predicted octanol–water partition coefficient (Wildman–Crippen LogP) is 3.95. The van der Waals surface area contributed by atoms with Crippen LogP contribution in [0.15, 0.2) is 12.1 Å². The molecule has 1 aromatic rings. The van der Waals surface area contributed by atoms with Gasteiger partial charge in [0, 0.05) is 10.6 Å². The maximum absolute atomic E-state index is 6.03. The molecular formula is C12H17ClO. The van der Waals surface area contributed by atoms with Gasteiger partial charge in [0.05, 0.1) is 7.11 Å². The lowest BCUT2D eigenvalue weighted by Gasteiger charge is -2.23. The molecule has 0 saturated heterocycles. The fraction of sp³-hybridized carbons (Fsp3) is 0.500. The van der Waals surface area contributed by atoms with Crippen LogP contribution in [0.4, 0.5) is 0 Å². The third-order valence-corrected chi connectivity index (χ3v) is 2.47. The van der Waals surface area contributed by atoms with E-state index in [0.717, 1.165) is 21.9 Å². The van der Waals surface area contributed by atoms with Crippen molar-refractivity contribution in [2.24, 2.45) is 0 Å². The average molecular weight is 213 g/mol. The van der Waals surface area contributed by atoms with E-state index in [1.54, 1.807) is 7.11 Å². The Kier molecular flexibility index (Phi) is 3.10. The van der Waals surface area contributed by atoms with Gasteiger partial charge >= 0.3 is 0 Å². The van der Waals surface area contributed by atoms with Gasteiger partial charge in [-0.25, -0.2) is 0 Å². The van der Waals surface area contributed by atoms with E-state index in [2.05, 4.69) is 20.8 Å². The minimum atomic E-state index is 0.0566. The first kappa shape index (κ1) is 11.4. The molecule has 0 aromatic heterocycles. The summed E-state index contributed by atoms with van der Waals surface area (Å²) in [7, 11) is 1.70. The smallest absolute Gasteiger partial charge is 0.125 e. The van der Waals surface area contributed by atoms with Crippen LogP contribution in [-0.2, 0) is 5.41 Å². The molecule has 0 heterocycles. The summed E-state index contributed by atoms with van der Waals surface area (Å²) in [6, 6.07) is 3.91. The van der Waals surface area contributed by atoms with Crippen molar-refractivity contribution in [3.63, 3.8) is 0 Å². The molecule has 0 atom stereocenters. The van der Waals surface area contributed by atoms with Crippen LogP contribution in [0.3, 0.4) is 0 Å². The van der Waals surface area contributed by atoms with Crippen LogP contribution in [-0.4, -0.2) is 7.11 Å². The van der Waals surface area contributed by atoms with E-state index in [0.29, 0.717) is 0 Å². The van der Waals surface area contributed by atoms with E-state index in [-0.39, 0.29) is 5.41 Å². The number of methoxy groups -OCH3 is 1. The van der Waals surface area contributed by atoms with E-state index >= 15 is 0 Å². The molecule has 0 fully saturated rings. The van der Waals surface area contributed by atoms with Gasteiger partial charge in [0.25, 0.3) is 0 Å². The van der Waals surface area contributed by atoms with Gasteiger partial charge in [-0.05, 0) is 30.0 Å². The number of hydrogen-bond acceptors (Lipinski definition) is 1. The van der Waals surface area contributed by atoms with Crippen molar-refractivity contribution in [2.75, 3.05) is 7.11 Å². The standard InChI is InChI=1S/C12H17ClO/c1-8-6-9(13)7-10(11(8)14-5)12(2,3)4/h6-7H,1-5H3. The Bertz CT molecular complexity index is 337. The zero-order valence-corrected chi connectivity index (χ0v) is 10.2. The largest absolute Gasteiger partial charge is 0.496 e. The summed E-state index contributed by atoms with van der Waals surface area (Å²) in [6.45, 7) is 8.47. The zero-order valence-electron chi connectivity index (χ0n) is 9.44. The van der Waals surface area contributed by atoms with E-state index in [1.165, 1.54) is 0 Å². The van der Waals surface area contributed by atoms with Crippen molar-refractivity contribution in [1.29, 1.82) is 0 Å². The van der Waals surface area contributed by atoms with Crippen LogP contribution in [0.1, 0.15) is 31.9 Å². The summed E-state index contributed by atoms with van der Waals surface area (Å²) in [5.74, 6) is 0.946. The molecule has 0 aliphatic heterocycles. The summed E-state index contributed by atoms with van der Waals surface area (Å²) in [5.41, 5.74) is 2.30. The molecule has 1 rings (SSSR count). The Morgan fingerprint density at radius 1 is 1.21 bits per heavy atom. The van der Waals surface area contributed by atoms with Gasteiger partial charge in [-0.3, -0.25) is 0 Å². The highest BCUT2D eigenvalue weighted by Gasteiger charge is 2.20. The van der Waals surface area contributed by atoms with Gasteiger partial charge in [-0.2, -0.15) is 0 Å². The first-order chi connectivity index (χ1) is 6.36. The van der Waals surface area contributed by atoms with E-state index in [1.807, 2.05) is 19.1 Å². The molecule has 0 saturated carbocycles. The highest BCUT2D eigenvalue weighted by atomic mass is 35.5. The molecule has 0 spiro atoms. The molecule has 0 amide bonds. The molecule has 1 nitrogen and oxygen atoms in total. The van der Waals surface area contributed by atoms with Gasteiger partial charge < -0.3 is 4.74 Å². The molecule has 78 valence electrons. The molecule has 0 radical (unpaired) electrons. The number of ether oxygens (including phenoxy) is 1. The number of benzene rings is 1. The maximum Gasteiger partial charge on any atom is 0.125 e. The molecule has 0 aliphatic rings. The summed E-state index contributed by atoms with van der Waals surface area (Å²) in [6.07, 6.45) is 0. The van der Waals surface area contributed by atoms with Gasteiger partial charge in [0.15, 0.2) is 0 Å². The molecule has 0 N–H and O–H groups in total. The van der Waals surface area contributed by atoms with Crippen molar-refractivity contribution >= 4 is 11.6 Å². The zero-order chi connectivity index (χ0) is 10.9. The number of rotatable bonds is 1. The second-order valence-electron chi connectivity index (χ2n) is 4.55. The number of hydrogen-bond donors (Lipinski definition) is 0. The molecule has 2 heteroatoms. The lowest BCUT2D eigenvalue weighted by atomic mass is 9.85. The lowest BCUT2D eigenvalue weighted by Crippen LogP contribution is -2.13. The van der Waals surface area contributed by atoms with Crippen molar-refractivity contribution in [2.45, 2.75) is 33.1 Å². The van der Waals surface area contributed by atoms with E-state index in [4.69, 9.17) is 16.3 Å². The van der Waals surface area contributed by atoms with Crippen LogP contribution in [0.2, 0.25) is 5.02 Å². The Morgan fingerprint density at radius 3 is 2.21 bits per heavy atom. The van der Waals surface area contributed by atoms with Crippen LogP contribution in [0.5, 0.6) is 5.75 Å². The van der Waals surface area contributed by atoms with E-state index in [9.17, 15) is 0 Å². The summed E-state index contributed by atoms with van der Waals surface area (Å²) in [4.78, 5) is 0. The number of aryl methyl sites for hydroxylation is 1. The van der Waals surface area contributed by atoms with Gasteiger partial charge in [-0.15, -0.1) is 0 Å². The second-order valence-corrected chi connectivity index (χ2v) is 4.99. The Hall–Kier alpha value is -0.690. The fourth-order valence-electron chi connectivity index (χ4n) is 1.56. The summed E-state index contributed by atoms with van der Waals surface area (Å²) >= 11 is 6.03. The van der Waals surface area contributed by atoms with Crippen LogP contribution < -0.4 is 4.74 Å². The highest BCUT2D eigenvalue weighted by Crippen LogP contribution is 2.35. The summed E-state index contributed by atoms with van der Waals surface area (Å²) < 4.78 is 5.40. The van der Waals surface area contributed by atoms with Crippen molar-refractivity contribution < 1.29 is 4.74 Å². The van der Waals surface area contributed by atoms with E-state index < -0.39 is 0 Å². The minimum absolute atomic E-state index is 0.0566. The van der Waals surface area contributed by atoms with Gasteiger partial charge in [0.2, 0.25) is 0 Å². The lowest BCUT2D eigenvalue weighted by molar-refractivity contribution is 0.394. The molecule has 14 heavy (non-hydrogen) atoms. The van der Waals surface area contributed by atoms with Crippen molar-refractivity contribution in [3.8, 4) is 5.75 Å². The molecular weight excluding hydrogens is 196 g/mol. The van der Waals surface area contributed by atoms with Crippen molar-refractivity contribution in [1.82, 2.24) is 0 Å². The third kappa shape index (κ3) is 2.21. The summed E-state index contributed by atoms with van der Waals surface area (Å²) in [5, 5.41) is 0.772. The Labute approximate surface area is 91.0 Å². The average Bonchev–Trinajstić information content (AvgIpc) is 2.01. The minimum Gasteiger partial charge on any atom is -0.496 e. The van der Waals surface area contributed by atoms with Gasteiger partial charge in [0.1, 0.15) is 5.75 Å². The Morgan fingerprint density at radius 2 is 1.79 bits per heavy atom. The molecule has 0 unspecified atom stereocenters. The van der Waals surface area contributed by atoms with Gasteiger partial charge in [-0.1, -0.05) is 32.4 Å². The topological polar surface area (TPSA) is 9.23 Å². The predicted molar refractivity (Wildman–Crippen MR) is 61.4 cm³/mol. The van der Waals surface area contributed by atoms with Crippen LogP contribution in [0.25, 0.3) is 0 Å². The molecule has 0 bridgehead atoms. The first-order valence-electron chi connectivity index (χ1n) is 4.71. The molecule has 1 aromatic carbocycles. The monoisotopic (exact) mass is 212 g/mol. The van der Waals surface area contributed by atoms with Crippen LogP contribution >= 0.6 is 11.6 Å². The molecule has 0 aliphatic carbocycles. The number of halogens is 1. The quantitative estimate of drug-likeness (QED) is 0.685. The second kappa shape index (κ2) is 3.82.